The summed E-state index contributed by atoms with van der Waals surface area (Å²) >= 11 is 1.34. The number of carboxylic acids is 1. The molecule has 0 amide bonds. The Morgan fingerprint density at radius 3 is 2.32 bits per heavy atom. The van der Waals surface area contributed by atoms with Gasteiger partial charge < -0.3 is 10.0 Å². The van der Waals surface area contributed by atoms with E-state index in [9.17, 15) is 14.4 Å². The van der Waals surface area contributed by atoms with E-state index in [2.05, 4.69) is 21.9 Å². The molecule has 1 saturated heterocycles. The molecule has 0 bridgehead atoms. The average Bonchev–Trinajstić information content (AvgIpc) is 3.24. The average molecular weight is 453 g/mol. The number of anilines is 1. The molecular weight excluding hydrogens is 427 g/mol. The Balaban J connectivity index is 0.00000272. The molecule has 0 radical (unpaired) electrons. The summed E-state index contributed by atoms with van der Waals surface area (Å²) in [5, 5.41) is 12.9. The predicted molar refractivity (Wildman–Crippen MR) is 125 cm³/mol. The summed E-state index contributed by atoms with van der Waals surface area (Å²) in [4.78, 5) is 41.3. The Morgan fingerprint density at radius 1 is 0.935 bits per heavy atom. The third-order valence-electron chi connectivity index (χ3n) is 5.55. The van der Waals surface area contributed by atoms with Gasteiger partial charge in [0.05, 0.1) is 17.3 Å². The summed E-state index contributed by atoms with van der Waals surface area (Å²) in [6, 6.07) is 10.3. The number of hydrogen-bond donors (Lipinski definition) is 1. The molecule has 3 aromatic rings. The van der Waals surface area contributed by atoms with Crippen LogP contribution in [-0.4, -0.2) is 87.4 Å². The van der Waals surface area contributed by atoms with Crippen LogP contribution in [0.5, 0.6) is 0 Å². The topological polar surface area (TPSA) is 87.8 Å². The van der Waals surface area contributed by atoms with Crippen LogP contribution in [-0.2, 0) is 17.9 Å². The zero-order valence-electron chi connectivity index (χ0n) is 16.6. The van der Waals surface area contributed by atoms with E-state index in [-0.39, 0.29) is 48.1 Å². The van der Waals surface area contributed by atoms with Gasteiger partial charge in [-0.15, -0.1) is 11.3 Å². The van der Waals surface area contributed by atoms with Crippen molar-refractivity contribution in [2.75, 3.05) is 37.6 Å². The maximum atomic E-state index is 12.9. The SMILES string of the molecule is O=C(O)CCn1c(=O)n(CCN2CCN(c3ccccc3)CC2)c(=O)c2cscc21.[NaH]. The molecule has 0 aliphatic carbocycles. The van der Waals surface area contributed by atoms with Crippen molar-refractivity contribution >= 4 is 63.5 Å². The number of para-hydroxylation sites is 1. The number of rotatable bonds is 7. The van der Waals surface area contributed by atoms with Crippen LogP contribution in [0.4, 0.5) is 5.69 Å². The first-order valence-corrected chi connectivity index (χ1v) is 10.9. The molecule has 0 atom stereocenters. The first-order valence-electron chi connectivity index (χ1n) is 9.98. The molecule has 4 rings (SSSR count). The van der Waals surface area contributed by atoms with Crippen molar-refractivity contribution in [3.63, 3.8) is 0 Å². The molecule has 31 heavy (non-hydrogen) atoms. The van der Waals surface area contributed by atoms with Gasteiger partial charge in [0.25, 0.3) is 5.56 Å². The number of thiophene rings is 1. The third kappa shape index (κ3) is 5.30. The van der Waals surface area contributed by atoms with Gasteiger partial charge in [-0.3, -0.25) is 23.6 Å². The van der Waals surface area contributed by atoms with E-state index in [1.165, 1.54) is 26.2 Å². The van der Waals surface area contributed by atoms with Crippen LogP contribution in [0.2, 0.25) is 0 Å². The second-order valence-corrected chi connectivity index (χ2v) is 8.11. The first kappa shape index (κ1) is 23.7. The molecule has 160 valence electrons. The summed E-state index contributed by atoms with van der Waals surface area (Å²) in [6.07, 6.45) is -0.162. The third-order valence-corrected chi connectivity index (χ3v) is 6.28. The molecular formula is C21H25N4NaO4S. The summed E-state index contributed by atoms with van der Waals surface area (Å²) in [7, 11) is 0. The summed E-state index contributed by atoms with van der Waals surface area (Å²) in [6.45, 7) is 4.46. The molecule has 0 spiro atoms. The fraction of sp³-hybridized carbons (Fsp3) is 0.381. The van der Waals surface area contributed by atoms with Crippen LogP contribution in [0.1, 0.15) is 6.42 Å². The normalized spacial score (nSPS) is 14.5. The van der Waals surface area contributed by atoms with Crippen LogP contribution in [0.15, 0.2) is 50.7 Å². The van der Waals surface area contributed by atoms with Gasteiger partial charge >= 0.3 is 41.2 Å². The number of fused-ring (bicyclic) bond motifs is 1. The maximum absolute atomic E-state index is 12.9. The number of aliphatic carboxylic acids is 1. The predicted octanol–water partition coefficient (Wildman–Crippen LogP) is 0.873. The summed E-state index contributed by atoms with van der Waals surface area (Å²) in [5.74, 6) is -0.973. The van der Waals surface area contributed by atoms with Gasteiger partial charge in [-0.2, -0.15) is 0 Å². The van der Waals surface area contributed by atoms with Crippen molar-refractivity contribution in [3.8, 4) is 0 Å². The van der Waals surface area contributed by atoms with Crippen molar-refractivity contribution in [1.29, 1.82) is 0 Å². The van der Waals surface area contributed by atoms with E-state index in [0.717, 1.165) is 26.2 Å². The number of carboxylic acid groups (broad SMARTS) is 1. The molecule has 1 aliphatic rings. The minimum atomic E-state index is -0.973. The van der Waals surface area contributed by atoms with E-state index >= 15 is 0 Å². The monoisotopic (exact) mass is 452 g/mol. The van der Waals surface area contributed by atoms with E-state index in [0.29, 0.717) is 24.0 Å². The van der Waals surface area contributed by atoms with Crippen molar-refractivity contribution < 1.29 is 9.90 Å². The quantitative estimate of drug-likeness (QED) is 0.536. The number of carbonyl (C=O) groups is 1. The van der Waals surface area contributed by atoms with Crippen LogP contribution in [0.25, 0.3) is 10.9 Å². The molecule has 0 saturated carbocycles. The second kappa shape index (κ2) is 10.6. The Labute approximate surface area is 205 Å². The zero-order valence-corrected chi connectivity index (χ0v) is 17.4. The van der Waals surface area contributed by atoms with E-state index < -0.39 is 11.7 Å². The Kier molecular flexibility index (Phi) is 8.12. The zero-order chi connectivity index (χ0) is 21.1. The van der Waals surface area contributed by atoms with Crippen LogP contribution in [0.3, 0.4) is 0 Å². The number of nitrogens with zero attached hydrogens (tertiary/aromatic N) is 4. The molecule has 0 unspecified atom stereocenters. The number of piperazine rings is 1. The van der Waals surface area contributed by atoms with Gasteiger partial charge in [0.1, 0.15) is 0 Å². The molecule has 2 aromatic heterocycles. The minimum absolute atomic E-state index is 0. The molecule has 1 aliphatic heterocycles. The van der Waals surface area contributed by atoms with Crippen LogP contribution < -0.4 is 16.1 Å². The van der Waals surface area contributed by atoms with E-state index in [1.807, 2.05) is 18.2 Å². The van der Waals surface area contributed by atoms with Crippen molar-refractivity contribution in [2.45, 2.75) is 19.5 Å². The molecule has 3 heterocycles. The van der Waals surface area contributed by atoms with Crippen molar-refractivity contribution in [2.24, 2.45) is 0 Å². The first-order chi connectivity index (χ1) is 14.5. The van der Waals surface area contributed by atoms with Gasteiger partial charge in [0.15, 0.2) is 0 Å². The number of aromatic nitrogens is 2. The Bertz CT molecular complexity index is 1150. The molecule has 1 fully saturated rings. The fourth-order valence-electron chi connectivity index (χ4n) is 3.87. The summed E-state index contributed by atoms with van der Waals surface area (Å²) < 4.78 is 2.66. The van der Waals surface area contributed by atoms with E-state index in [1.54, 1.807) is 10.8 Å². The summed E-state index contributed by atoms with van der Waals surface area (Å²) in [5.41, 5.74) is 0.988. The van der Waals surface area contributed by atoms with Crippen molar-refractivity contribution in [3.05, 3.63) is 61.9 Å². The molecule has 8 nitrogen and oxygen atoms in total. The van der Waals surface area contributed by atoms with Crippen LogP contribution >= 0.6 is 11.3 Å². The molecule has 1 aromatic carbocycles. The number of hydrogen-bond acceptors (Lipinski definition) is 6. The number of benzene rings is 1. The van der Waals surface area contributed by atoms with Gasteiger partial charge in [0.2, 0.25) is 0 Å². The number of aryl methyl sites for hydroxylation is 1. The molecule has 10 heteroatoms. The second-order valence-electron chi connectivity index (χ2n) is 7.37. The van der Waals surface area contributed by atoms with E-state index in [4.69, 9.17) is 5.11 Å². The molecule has 1 N–H and O–H groups in total. The standard InChI is InChI=1S/C21H24N4O4S.Na.H/c26-19(27)6-7-24-18-15-30-14-17(18)20(28)25(21(24)29)13-10-22-8-11-23(12-9-22)16-4-2-1-3-5-16;;/h1-5,14-15H,6-13H2,(H,26,27);;. The van der Waals surface area contributed by atoms with Gasteiger partial charge in [-0.05, 0) is 12.1 Å². The van der Waals surface area contributed by atoms with Gasteiger partial charge in [-0.1, -0.05) is 18.2 Å². The van der Waals surface area contributed by atoms with Crippen molar-refractivity contribution in [1.82, 2.24) is 14.0 Å². The Morgan fingerprint density at radius 2 is 1.65 bits per heavy atom. The Hall–Kier alpha value is -1.91. The fourth-order valence-corrected chi connectivity index (χ4v) is 4.68. The van der Waals surface area contributed by atoms with Gasteiger partial charge in [-0.25, -0.2) is 4.79 Å². The van der Waals surface area contributed by atoms with Gasteiger partial charge in [0, 0.05) is 62.3 Å². The van der Waals surface area contributed by atoms with Crippen LogP contribution in [0, 0.1) is 0 Å².